The van der Waals surface area contributed by atoms with Gasteiger partial charge in [0, 0.05) is 6.42 Å². The molecule has 11 nitrogen and oxygen atoms in total. The molecule has 8 unspecified atom stereocenters. The fourth-order valence-corrected chi connectivity index (χ4v) is 8.65. The minimum atomic E-state index is -1.63. The van der Waals surface area contributed by atoms with E-state index in [-0.39, 0.29) is 19.4 Å². The summed E-state index contributed by atoms with van der Waals surface area (Å²) < 4.78 is 17.5. The van der Waals surface area contributed by atoms with Crippen LogP contribution >= 0.6 is 0 Å². The molecule has 1 saturated heterocycles. The quantitative estimate of drug-likeness (QED) is 0.0149. The summed E-state index contributed by atoms with van der Waals surface area (Å²) in [5.41, 5.74) is 0. The Labute approximate surface area is 450 Å². The molecule has 1 rings (SSSR count). The van der Waals surface area contributed by atoms with E-state index in [4.69, 9.17) is 14.2 Å². The summed E-state index contributed by atoms with van der Waals surface area (Å²) in [4.78, 5) is 26.4. The minimum Gasteiger partial charge on any atom is -0.454 e. The van der Waals surface area contributed by atoms with Crippen molar-refractivity contribution in [3.05, 3.63) is 97.2 Å². The van der Waals surface area contributed by atoms with E-state index in [0.29, 0.717) is 12.8 Å². The monoisotopic (exact) mass is 1040 g/mol. The first-order valence-electron chi connectivity index (χ1n) is 29.6. The lowest BCUT2D eigenvalue weighted by atomic mass is 9.99. The number of amides is 1. The summed E-state index contributed by atoms with van der Waals surface area (Å²) in [7, 11) is 0. The van der Waals surface area contributed by atoms with Crippen LogP contribution in [0.5, 0.6) is 0 Å². The first kappa shape index (κ1) is 68.6. The number of unbranched alkanes of at least 4 members (excludes halogenated alkanes) is 24. The Balaban J connectivity index is 2.70. The van der Waals surface area contributed by atoms with Gasteiger partial charge in [-0.15, -0.1) is 0 Å². The molecule has 0 saturated carbocycles. The zero-order valence-corrected chi connectivity index (χ0v) is 46.7. The Hall–Kier alpha value is -3.42. The van der Waals surface area contributed by atoms with Gasteiger partial charge in [0.25, 0.3) is 0 Å². The number of nitrogens with one attached hydrogen (secondary N) is 1. The molecule has 0 radical (unpaired) electrons. The Bertz CT molecular complexity index is 1570. The molecule has 11 heteroatoms. The number of hydrogen-bond acceptors (Lipinski definition) is 10. The Morgan fingerprint density at radius 3 is 1.57 bits per heavy atom. The number of hydrogen-bond donors (Lipinski definition) is 6. The van der Waals surface area contributed by atoms with Crippen LogP contribution in [-0.4, -0.2) is 99.6 Å². The minimum absolute atomic E-state index is 0.108. The van der Waals surface area contributed by atoms with Crippen LogP contribution in [-0.2, 0) is 23.8 Å². The third kappa shape index (κ3) is 38.2. The Morgan fingerprint density at radius 2 is 1.03 bits per heavy atom. The van der Waals surface area contributed by atoms with Gasteiger partial charge in [0.05, 0.1) is 25.4 Å². The third-order valence-electron chi connectivity index (χ3n) is 13.4. The molecule has 6 N–H and O–H groups in total. The molecular formula is C63H107NO10. The standard InChI is InChI=1S/C63H107NO10/c1-4-7-10-13-16-19-22-25-26-27-28-29-30-31-32-33-36-39-42-45-48-51-58(68)74-61-60(70)59(69)57(52-65)73-63(61)72-53-54(55(66)49-46-43-40-37-34-23-20-17-14-11-8-5-2)64-62(71)56(67)50-47-44-41-38-35-24-21-18-15-12-9-6-3/h9,12,15-16,18-19,21,24-26,35,38,41,44,46,49,54-57,59-61,63,65-67,69-70H,4-8,10-11,13-14,17,20,22-23,27-34,36-37,39-40,42-43,45,47-48,50-53H2,1-3H3,(H,64,71)/b12-9+,18-15+,19-16-,24-21-,26-25-,38-35-,44-41+,49-46+. The van der Waals surface area contributed by atoms with E-state index in [2.05, 4.69) is 56.5 Å². The average molecular weight is 1040 g/mol. The van der Waals surface area contributed by atoms with Crippen molar-refractivity contribution in [3.8, 4) is 0 Å². The predicted molar refractivity (Wildman–Crippen MR) is 305 cm³/mol. The van der Waals surface area contributed by atoms with E-state index in [1.54, 1.807) is 6.08 Å². The molecule has 0 bridgehead atoms. The van der Waals surface area contributed by atoms with Crippen molar-refractivity contribution in [1.82, 2.24) is 5.32 Å². The Kier molecular flexibility index (Phi) is 46.7. The number of aliphatic hydroxyl groups is 5. The van der Waals surface area contributed by atoms with E-state index in [1.165, 1.54) is 116 Å². The van der Waals surface area contributed by atoms with Crippen molar-refractivity contribution in [3.63, 3.8) is 0 Å². The summed E-state index contributed by atoms with van der Waals surface area (Å²) in [5.74, 6) is -1.28. The molecule has 1 aliphatic rings. The fraction of sp³-hybridized carbons (Fsp3) is 0.714. The lowest BCUT2D eigenvalue weighted by Crippen LogP contribution is -2.61. The first-order valence-corrected chi connectivity index (χ1v) is 29.6. The molecular weight excluding hydrogens is 931 g/mol. The summed E-state index contributed by atoms with van der Waals surface area (Å²) in [6.07, 6.45) is 56.1. The first-order chi connectivity index (χ1) is 36.2. The van der Waals surface area contributed by atoms with Crippen LogP contribution in [0.2, 0.25) is 0 Å². The SMILES string of the molecule is CC/C=C/C=C/C=C\C=C/C=C/CCC(O)C(=O)NC(COC1OC(CO)C(O)C(O)C1OC(=O)CCCCCCCCCCCCC/C=C\C/C=C\CCCCC)C(O)/C=C/CCCCCCCCCCCC. The van der Waals surface area contributed by atoms with Crippen LogP contribution in [0.4, 0.5) is 0 Å². The van der Waals surface area contributed by atoms with Crippen LogP contribution in [0.25, 0.3) is 0 Å². The molecule has 0 spiro atoms. The Morgan fingerprint density at radius 1 is 0.554 bits per heavy atom. The highest BCUT2D eigenvalue weighted by Crippen LogP contribution is 2.26. The second kappa shape index (κ2) is 50.4. The van der Waals surface area contributed by atoms with Gasteiger partial charge in [-0.2, -0.15) is 0 Å². The number of esters is 1. The molecule has 1 amide bonds. The largest absolute Gasteiger partial charge is 0.454 e. The molecule has 0 aromatic heterocycles. The maximum absolute atomic E-state index is 13.3. The van der Waals surface area contributed by atoms with Crippen molar-refractivity contribution in [1.29, 1.82) is 0 Å². The molecule has 424 valence electrons. The van der Waals surface area contributed by atoms with Crippen molar-refractivity contribution in [2.75, 3.05) is 13.2 Å². The number of rotatable bonds is 48. The number of carbonyl (C=O) groups is 2. The van der Waals surface area contributed by atoms with E-state index >= 15 is 0 Å². The van der Waals surface area contributed by atoms with Gasteiger partial charge >= 0.3 is 5.97 Å². The van der Waals surface area contributed by atoms with E-state index in [0.717, 1.165) is 64.2 Å². The van der Waals surface area contributed by atoms with E-state index in [1.807, 2.05) is 60.8 Å². The molecule has 0 aliphatic carbocycles. The van der Waals surface area contributed by atoms with Gasteiger partial charge in [-0.05, 0) is 70.6 Å². The lowest BCUT2D eigenvalue weighted by molar-refractivity contribution is -0.305. The number of carbonyl (C=O) groups excluding carboxylic acids is 2. The van der Waals surface area contributed by atoms with Crippen LogP contribution in [0.15, 0.2) is 97.2 Å². The predicted octanol–water partition coefficient (Wildman–Crippen LogP) is 13.6. The lowest BCUT2D eigenvalue weighted by Gasteiger charge is -2.41. The maximum atomic E-state index is 13.3. The van der Waals surface area contributed by atoms with Crippen molar-refractivity contribution < 1.29 is 49.3 Å². The normalized spacial score (nSPS) is 20.0. The molecule has 0 aromatic carbocycles. The molecule has 1 fully saturated rings. The molecule has 1 aliphatic heterocycles. The van der Waals surface area contributed by atoms with E-state index in [9.17, 15) is 35.1 Å². The van der Waals surface area contributed by atoms with Gasteiger partial charge in [-0.25, -0.2) is 0 Å². The van der Waals surface area contributed by atoms with Gasteiger partial charge in [0.2, 0.25) is 5.91 Å². The van der Waals surface area contributed by atoms with Crippen molar-refractivity contribution in [2.24, 2.45) is 0 Å². The van der Waals surface area contributed by atoms with Gasteiger partial charge in [0.1, 0.15) is 24.4 Å². The summed E-state index contributed by atoms with van der Waals surface area (Å²) in [5, 5.41) is 56.7. The molecule has 0 aromatic rings. The molecule has 74 heavy (non-hydrogen) atoms. The van der Waals surface area contributed by atoms with E-state index < -0.39 is 67.4 Å². The van der Waals surface area contributed by atoms with Gasteiger partial charge in [-0.3, -0.25) is 9.59 Å². The highest BCUT2D eigenvalue weighted by atomic mass is 16.7. The third-order valence-corrected chi connectivity index (χ3v) is 13.4. The number of ether oxygens (including phenoxy) is 3. The summed E-state index contributed by atoms with van der Waals surface area (Å²) >= 11 is 0. The summed E-state index contributed by atoms with van der Waals surface area (Å²) in [6, 6.07) is -1.07. The van der Waals surface area contributed by atoms with Gasteiger partial charge in [-0.1, -0.05) is 246 Å². The van der Waals surface area contributed by atoms with Gasteiger partial charge < -0.3 is 45.1 Å². The zero-order valence-electron chi connectivity index (χ0n) is 46.7. The zero-order chi connectivity index (χ0) is 54.0. The second-order valence-electron chi connectivity index (χ2n) is 20.1. The van der Waals surface area contributed by atoms with Crippen molar-refractivity contribution >= 4 is 11.9 Å². The topological polar surface area (TPSA) is 175 Å². The van der Waals surface area contributed by atoms with Crippen molar-refractivity contribution in [2.45, 2.75) is 275 Å². The van der Waals surface area contributed by atoms with Crippen LogP contribution < -0.4 is 5.32 Å². The van der Waals surface area contributed by atoms with Gasteiger partial charge in [0.15, 0.2) is 12.4 Å². The molecule has 1 heterocycles. The second-order valence-corrected chi connectivity index (χ2v) is 20.1. The highest BCUT2D eigenvalue weighted by Gasteiger charge is 2.47. The average Bonchev–Trinajstić information content (AvgIpc) is 3.40. The van der Waals surface area contributed by atoms with Crippen LogP contribution in [0.1, 0.15) is 226 Å². The number of allylic oxidation sites excluding steroid dienone is 15. The fourth-order valence-electron chi connectivity index (χ4n) is 8.65. The number of aliphatic hydroxyl groups excluding tert-OH is 5. The summed E-state index contributed by atoms with van der Waals surface area (Å²) in [6.45, 7) is 5.55. The maximum Gasteiger partial charge on any atom is 0.306 e. The highest BCUT2D eigenvalue weighted by molar-refractivity contribution is 5.80. The van der Waals surface area contributed by atoms with Crippen LogP contribution in [0.3, 0.4) is 0 Å². The molecule has 8 atom stereocenters. The smallest absolute Gasteiger partial charge is 0.306 e. The van der Waals surface area contributed by atoms with Crippen LogP contribution in [0, 0.1) is 0 Å².